The first kappa shape index (κ1) is 18.1. The van der Waals surface area contributed by atoms with Crippen LogP contribution >= 0.6 is 0 Å². The van der Waals surface area contributed by atoms with Gasteiger partial charge in [-0.2, -0.15) is 5.10 Å². The molecule has 1 saturated heterocycles. The number of nitrogens with zero attached hydrogens (tertiary/aromatic N) is 4. The molecule has 4 heterocycles. The average Bonchev–Trinajstić information content (AvgIpc) is 3.40. The normalized spacial score (nSPS) is 18.9. The summed E-state index contributed by atoms with van der Waals surface area (Å²) in [7, 11) is 0. The minimum Gasteiger partial charge on any atom is -0.445 e. The number of carbonyl (C=O) groups is 1. The zero-order valence-corrected chi connectivity index (χ0v) is 16.3. The Morgan fingerprint density at radius 1 is 1.28 bits per heavy atom. The van der Waals surface area contributed by atoms with Gasteiger partial charge in [-0.05, 0) is 19.4 Å². The predicted octanol–water partition coefficient (Wildman–Crippen LogP) is 1.78. The number of amides is 1. The fourth-order valence-electron chi connectivity index (χ4n) is 4.08. The summed E-state index contributed by atoms with van der Waals surface area (Å²) in [5.74, 6) is 1.62. The van der Waals surface area contributed by atoms with Crippen LogP contribution in [0.5, 0.6) is 0 Å². The van der Waals surface area contributed by atoms with Crippen molar-refractivity contribution in [2.75, 3.05) is 19.8 Å². The average molecular weight is 394 g/mol. The van der Waals surface area contributed by atoms with Gasteiger partial charge in [0.15, 0.2) is 5.89 Å². The Morgan fingerprint density at radius 2 is 2.10 bits per heavy atom. The molecule has 0 N–H and O–H groups in total. The molecule has 5 rings (SSSR count). The summed E-state index contributed by atoms with van der Waals surface area (Å²) in [6.45, 7) is 4.07. The van der Waals surface area contributed by atoms with Gasteiger partial charge in [0.05, 0.1) is 30.1 Å². The minimum atomic E-state index is -0.248. The number of fused-ring (bicyclic) bond motifs is 2. The van der Waals surface area contributed by atoms with Gasteiger partial charge in [0.25, 0.3) is 5.56 Å². The number of rotatable bonds is 3. The van der Waals surface area contributed by atoms with Crippen molar-refractivity contribution < 1.29 is 13.9 Å². The first-order valence-corrected chi connectivity index (χ1v) is 9.90. The standard InChI is InChI=1S/C21H22N4O4/c1-13-15-4-2-3-5-16(15)21(27)25(23-13)11-19(26)24-8-6-18-17(10-24)22-20(29-18)14-7-9-28-12-14/h2-5,14H,6-12H2,1H3. The van der Waals surface area contributed by atoms with Crippen LogP contribution in [0.1, 0.15) is 35.4 Å². The first-order valence-electron chi connectivity index (χ1n) is 9.90. The summed E-state index contributed by atoms with van der Waals surface area (Å²) in [6.07, 6.45) is 1.54. The van der Waals surface area contributed by atoms with E-state index in [1.54, 1.807) is 11.0 Å². The molecule has 8 heteroatoms. The number of aromatic nitrogens is 3. The van der Waals surface area contributed by atoms with Crippen molar-refractivity contribution in [2.24, 2.45) is 0 Å². The van der Waals surface area contributed by atoms with Crippen LogP contribution in [0.15, 0.2) is 33.5 Å². The molecule has 0 aliphatic carbocycles. The summed E-state index contributed by atoms with van der Waals surface area (Å²) in [4.78, 5) is 32.0. The SMILES string of the molecule is Cc1nn(CC(=O)N2CCc3oc(C4CCOC4)nc3C2)c(=O)c2ccccc12. The van der Waals surface area contributed by atoms with Gasteiger partial charge in [0.1, 0.15) is 18.0 Å². The lowest BCUT2D eigenvalue weighted by atomic mass is 10.1. The molecule has 0 bridgehead atoms. The van der Waals surface area contributed by atoms with Crippen molar-refractivity contribution in [2.45, 2.75) is 38.8 Å². The predicted molar refractivity (Wildman–Crippen MR) is 105 cm³/mol. The van der Waals surface area contributed by atoms with Crippen LogP contribution in [-0.4, -0.2) is 45.3 Å². The molecule has 150 valence electrons. The third-order valence-electron chi connectivity index (χ3n) is 5.71. The molecule has 1 atom stereocenters. The van der Waals surface area contributed by atoms with Crippen molar-refractivity contribution in [3.63, 3.8) is 0 Å². The van der Waals surface area contributed by atoms with Gasteiger partial charge < -0.3 is 14.1 Å². The summed E-state index contributed by atoms with van der Waals surface area (Å²) in [5.41, 5.74) is 1.29. The van der Waals surface area contributed by atoms with Gasteiger partial charge in [0, 0.05) is 25.0 Å². The largest absolute Gasteiger partial charge is 0.445 e. The Bertz CT molecular complexity index is 1140. The number of carbonyl (C=O) groups excluding carboxylic acids is 1. The van der Waals surface area contributed by atoms with Gasteiger partial charge in [-0.1, -0.05) is 18.2 Å². The highest BCUT2D eigenvalue weighted by Gasteiger charge is 2.29. The van der Waals surface area contributed by atoms with E-state index in [-0.39, 0.29) is 23.9 Å². The first-order chi connectivity index (χ1) is 14.1. The Hall–Kier alpha value is -3.00. The summed E-state index contributed by atoms with van der Waals surface area (Å²) in [5, 5.41) is 5.74. The second kappa shape index (κ2) is 7.11. The molecule has 3 aromatic rings. The lowest BCUT2D eigenvalue weighted by Crippen LogP contribution is -2.40. The van der Waals surface area contributed by atoms with E-state index in [4.69, 9.17) is 9.15 Å². The van der Waals surface area contributed by atoms with Crippen molar-refractivity contribution in [3.05, 3.63) is 57.7 Å². The zero-order chi connectivity index (χ0) is 20.0. The molecule has 1 amide bonds. The van der Waals surface area contributed by atoms with Crippen LogP contribution in [-0.2, 0) is 29.0 Å². The van der Waals surface area contributed by atoms with Crippen molar-refractivity contribution in [1.82, 2.24) is 19.7 Å². The van der Waals surface area contributed by atoms with E-state index >= 15 is 0 Å². The van der Waals surface area contributed by atoms with E-state index in [0.717, 1.165) is 35.6 Å². The van der Waals surface area contributed by atoms with E-state index in [1.165, 1.54) is 4.68 Å². The third kappa shape index (κ3) is 3.23. The summed E-state index contributed by atoms with van der Waals surface area (Å²) >= 11 is 0. The summed E-state index contributed by atoms with van der Waals surface area (Å²) < 4.78 is 12.6. The van der Waals surface area contributed by atoms with Crippen molar-refractivity contribution in [1.29, 1.82) is 0 Å². The fraction of sp³-hybridized carbons (Fsp3) is 0.429. The van der Waals surface area contributed by atoms with E-state index in [0.29, 0.717) is 37.4 Å². The highest BCUT2D eigenvalue weighted by Crippen LogP contribution is 2.28. The molecular formula is C21H22N4O4. The highest BCUT2D eigenvalue weighted by atomic mass is 16.5. The molecule has 1 fully saturated rings. The topological polar surface area (TPSA) is 90.5 Å². The second-order valence-corrected chi connectivity index (χ2v) is 7.64. The minimum absolute atomic E-state index is 0.0823. The van der Waals surface area contributed by atoms with Crippen LogP contribution in [0.4, 0.5) is 0 Å². The monoisotopic (exact) mass is 394 g/mol. The second-order valence-electron chi connectivity index (χ2n) is 7.64. The lowest BCUT2D eigenvalue weighted by Gasteiger charge is -2.25. The molecule has 1 unspecified atom stereocenters. The maximum absolute atomic E-state index is 12.9. The molecule has 8 nitrogen and oxygen atoms in total. The van der Waals surface area contributed by atoms with Crippen LogP contribution in [0.25, 0.3) is 10.8 Å². The smallest absolute Gasteiger partial charge is 0.275 e. The molecule has 0 spiro atoms. The van der Waals surface area contributed by atoms with E-state index < -0.39 is 0 Å². The molecular weight excluding hydrogens is 372 g/mol. The van der Waals surface area contributed by atoms with Gasteiger partial charge in [-0.25, -0.2) is 9.67 Å². The van der Waals surface area contributed by atoms with Gasteiger partial charge in [0.2, 0.25) is 5.91 Å². The fourth-order valence-corrected chi connectivity index (χ4v) is 4.08. The van der Waals surface area contributed by atoms with Crippen LogP contribution in [0, 0.1) is 6.92 Å². The van der Waals surface area contributed by atoms with E-state index in [9.17, 15) is 9.59 Å². The van der Waals surface area contributed by atoms with Crippen molar-refractivity contribution in [3.8, 4) is 0 Å². The Kier molecular flexibility index (Phi) is 4.43. The molecule has 2 aromatic heterocycles. The van der Waals surface area contributed by atoms with Crippen LogP contribution in [0.2, 0.25) is 0 Å². The van der Waals surface area contributed by atoms with Gasteiger partial charge >= 0.3 is 0 Å². The third-order valence-corrected chi connectivity index (χ3v) is 5.71. The Balaban J connectivity index is 1.35. The van der Waals surface area contributed by atoms with Crippen LogP contribution < -0.4 is 5.56 Å². The number of benzene rings is 1. The molecule has 29 heavy (non-hydrogen) atoms. The van der Waals surface area contributed by atoms with Crippen LogP contribution in [0.3, 0.4) is 0 Å². The molecule has 0 radical (unpaired) electrons. The van der Waals surface area contributed by atoms with Gasteiger partial charge in [-0.3, -0.25) is 9.59 Å². The lowest BCUT2D eigenvalue weighted by molar-refractivity contribution is -0.133. The molecule has 2 aliphatic heterocycles. The summed E-state index contributed by atoms with van der Waals surface area (Å²) in [6, 6.07) is 7.33. The molecule has 2 aliphatic rings. The number of hydrogen-bond donors (Lipinski definition) is 0. The van der Waals surface area contributed by atoms with Crippen molar-refractivity contribution >= 4 is 16.7 Å². The number of hydrogen-bond acceptors (Lipinski definition) is 6. The highest BCUT2D eigenvalue weighted by molar-refractivity contribution is 5.83. The maximum atomic E-state index is 12.9. The number of ether oxygens (including phenoxy) is 1. The Morgan fingerprint density at radius 3 is 2.90 bits per heavy atom. The van der Waals surface area contributed by atoms with E-state index in [1.807, 2.05) is 25.1 Å². The molecule has 0 saturated carbocycles. The maximum Gasteiger partial charge on any atom is 0.275 e. The number of aryl methyl sites for hydroxylation is 1. The molecule has 1 aromatic carbocycles. The number of oxazole rings is 1. The van der Waals surface area contributed by atoms with E-state index in [2.05, 4.69) is 10.1 Å². The quantitative estimate of drug-likeness (QED) is 0.673. The Labute approximate surface area is 167 Å². The zero-order valence-electron chi connectivity index (χ0n) is 16.3. The van der Waals surface area contributed by atoms with Gasteiger partial charge in [-0.15, -0.1) is 0 Å².